The molecule has 0 amide bonds. The van der Waals surface area contributed by atoms with Gasteiger partial charge in [-0.1, -0.05) is 0 Å². The second kappa shape index (κ2) is 5.14. The molecule has 2 heterocycles. The van der Waals surface area contributed by atoms with Gasteiger partial charge in [0, 0.05) is 0 Å². The van der Waals surface area contributed by atoms with Crippen molar-refractivity contribution in [2.45, 2.75) is 29.6 Å². The average molecular weight is 330 g/mol. The van der Waals surface area contributed by atoms with Crippen LogP contribution in [0.3, 0.4) is 0 Å². The Morgan fingerprint density at radius 2 is 1.95 bits per heavy atom. The number of aromatic hydroxyl groups is 1. The van der Waals surface area contributed by atoms with Crippen LogP contribution in [0, 0.1) is 0 Å². The molecule has 0 bridgehead atoms. The molecule has 1 N–H and O–H groups in total. The number of benzene rings is 1. The number of aromatic nitrogens is 2. The van der Waals surface area contributed by atoms with Crippen LogP contribution in [0.4, 0.5) is 0 Å². The third-order valence-corrected chi connectivity index (χ3v) is 8.02. The fourth-order valence-corrected chi connectivity index (χ4v) is 3.58. The number of rotatable bonds is 3. The Morgan fingerprint density at radius 3 is 2.70 bits per heavy atom. The normalized spacial score (nSPS) is 13.4. The van der Waals surface area contributed by atoms with Crippen LogP contribution in [0.2, 0.25) is 16.1 Å². The predicted molar refractivity (Wildman–Crippen MR) is 85.8 cm³/mol. The summed E-state index contributed by atoms with van der Waals surface area (Å²) in [6, 6.07) is 7.68. The number of pyridine rings is 1. The van der Waals surface area contributed by atoms with Crippen LogP contribution >= 0.6 is 0 Å². The topological polar surface area (TPSA) is 38.0 Å². The summed E-state index contributed by atoms with van der Waals surface area (Å²) in [5.41, 5.74) is 7.05. The monoisotopic (exact) mass is 330 g/mol. The van der Waals surface area contributed by atoms with Crippen LogP contribution in [0.15, 0.2) is 36.7 Å². The van der Waals surface area contributed by atoms with Gasteiger partial charge in [-0.25, -0.2) is 0 Å². The average Bonchev–Trinajstić information content (AvgIpc) is 2.73. The minimum atomic E-state index is -0.752. The van der Waals surface area contributed by atoms with E-state index < -0.39 is 14.7 Å². The molecule has 0 aliphatic heterocycles. The summed E-state index contributed by atoms with van der Waals surface area (Å²) in [7, 11) is 0. The van der Waals surface area contributed by atoms with Crippen molar-refractivity contribution < 1.29 is 5.11 Å². The number of phenolic OH excluding ortho intramolecular Hbond substituents is 1. The molecule has 0 saturated carbocycles. The number of hydrogen-bond acceptors (Lipinski definition) is 2. The van der Waals surface area contributed by atoms with Crippen molar-refractivity contribution in [3.63, 3.8) is 0 Å². The second-order valence-corrected chi connectivity index (χ2v) is 11.4. The second-order valence-electron chi connectivity index (χ2n) is 5.52. The van der Waals surface area contributed by atoms with E-state index in [9.17, 15) is 5.11 Å². The first-order valence-electron chi connectivity index (χ1n) is 6.79. The van der Waals surface area contributed by atoms with Crippen LogP contribution < -0.4 is 0 Å². The van der Waals surface area contributed by atoms with E-state index >= 15 is 0 Å². The maximum absolute atomic E-state index is 9.80. The van der Waals surface area contributed by atoms with Crippen LogP contribution in [0.25, 0.3) is 21.8 Å². The number of hydrogen-bond donors (Lipinski definition) is 1. The molecule has 0 spiro atoms. The third-order valence-electron chi connectivity index (χ3n) is 3.98. The zero-order valence-electron chi connectivity index (χ0n) is 12.0. The molecule has 4 heteroatoms. The van der Waals surface area contributed by atoms with Crippen molar-refractivity contribution in [1.29, 1.82) is 0 Å². The molecule has 1 aromatic carbocycles. The minimum absolute atomic E-state index is 0.324. The Morgan fingerprint density at radius 1 is 1.20 bits per heavy atom. The molecule has 0 radical (unpaired) electrons. The Hall–Kier alpha value is -1.47. The molecule has 104 valence electrons. The Balaban J connectivity index is 2.27. The maximum atomic E-state index is 9.80. The Bertz CT molecular complexity index is 764. The van der Waals surface area contributed by atoms with E-state index in [2.05, 4.69) is 34.0 Å². The first-order valence-corrected chi connectivity index (χ1v) is 11.6. The van der Waals surface area contributed by atoms with Crippen molar-refractivity contribution in [3.05, 3.63) is 36.7 Å². The third kappa shape index (κ3) is 2.20. The van der Waals surface area contributed by atoms with Gasteiger partial charge < -0.3 is 0 Å². The van der Waals surface area contributed by atoms with Gasteiger partial charge in [0.05, 0.1) is 0 Å². The quantitative estimate of drug-likeness (QED) is 0.736. The van der Waals surface area contributed by atoms with E-state index in [-0.39, 0.29) is 0 Å². The van der Waals surface area contributed by atoms with Gasteiger partial charge in [0.1, 0.15) is 0 Å². The molecule has 3 nitrogen and oxygen atoms in total. The van der Waals surface area contributed by atoms with E-state index in [1.54, 1.807) is 6.07 Å². The van der Waals surface area contributed by atoms with E-state index in [1.807, 2.05) is 24.5 Å². The summed E-state index contributed by atoms with van der Waals surface area (Å²) >= 11 is -0.752. The summed E-state index contributed by atoms with van der Waals surface area (Å²) in [4.78, 5) is 4.27. The Kier molecular flexibility index (Phi) is 3.47. The van der Waals surface area contributed by atoms with Crippen LogP contribution in [0.1, 0.15) is 6.92 Å². The van der Waals surface area contributed by atoms with Gasteiger partial charge >= 0.3 is 123 Å². The van der Waals surface area contributed by atoms with Gasteiger partial charge in [-0.15, -0.1) is 0 Å². The van der Waals surface area contributed by atoms with Gasteiger partial charge in [0.15, 0.2) is 0 Å². The molecule has 0 fully saturated rings. The number of nitrogens with zero attached hydrogens (tertiary/aromatic N) is 2. The van der Waals surface area contributed by atoms with Gasteiger partial charge in [0.25, 0.3) is 0 Å². The number of phenols is 1. The van der Waals surface area contributed by atoms with Crippen molar-refractivity contribution in [2.75, 3.05) is 0 Å². The zero-order chi connectivity index (χ0) is 14.3. The van der Waals surface area contributed by atoms with E-state index in [1.165, 1.54) is 10.8 Å². The first-order chi connectivity index (χ1) is 9.58. The summed E-state index contributed by atoms with van der Waals surface area (Å²) in [5.74, 6) is 0.324. The SMILES string of the molecule is CC(Cn1c2cnccc2c2ccc(O)cc21)[As](C)C. The summed E-state index contributed by atoms with van der Waals surface area (Å²) in [5, 5.41) is 12.2. The molecular formula is C16H19AsN2O. The van der Waals surface area contributed by atoms with Crippen molar-refractivity contribution in [2.24, 2.45) is 0 Å². The molecule has 3 aromatic rings. The molecule has 0 saturated heterocycles. The van der Waals surface area contributed by atoms with Gasteiger partial charge in [-0.2, -0.15) is 0 Å². The van der Waals surface area contributed by atoms with Crippen molar-refractivity contribution in [3.8, 4) is 5.75 Å². The van der Waals surface area contributed by atoms with Crippen LogP contribution in [0.5, 0.6) is 5.75 Å². The van der Waals surface area contributed by atoms with Crippen molar-refractivity contribution >= 4 is 36.5 Å². The summed E-state index contributed by atoms with van der Waals surface area (Å²) in [6.45, 7) is 3.33. The number of fused-ring (bicyclic) bond motifs is 3. The van der Waals surface area contributed by atoms with Crippen molar-refractivity contribution in [1.82, 2.24) is 9.55 Å². The molecule has 1 atom stereocenters. The van der Waals surface area contributed by atoms with E-state index in [0.717, 1.165) is 17.6 Å². The molecule has 2 aromatic heterocycles. The van der Waals surface area contributed by atoms with Crippen LogP contribution in [-0.4, -0.2) is 29.3 Å². The molecule has 20 heavy (non-hydrogen) atoms. The van der Waals surface area contributed by atoms with Crippen LogP contribution in [-0.2, 0) is 6.54 Å². The van der Waals surface area contributed by atoms with Gasteiger partial charge in [-0.05, 0) is 0 Å². The molecule has 0 aliphatic carbocycles. The van der Waals surface area contributed by atoms with E-state index in [4.69, 9.17) is 0 Å². The predicted octanol–water partition coefficient (Wildman–Crippen LogP) is 4.04. The van der Waals surface area contributed by atoms with Gasteiger partial charge in [-0.3, -0.25) is 0 Å². The standard InChI is InChI=1S/C16H19AsN2O/c1-11(17(2)3)10-19-15-8-12(20)4-5-13(15)14-6-7-18-9-16(14)19/h4-9,11,20H,10H2,1-3H3. The fourth-order valence-electron chi connectivity index (χ4n) is 2.55. The fraction of sp³-hybridized carbons (Fsp3) is 0.312. The molecule has 0 aliphatic rings. The first kappa shape index (κ1) is 13.5. The van der Waals surface area contributed by atoms with Gasteiger partial charge in [0.2, 0.25) is 0 Å². The molecular weight excluding hydrogens is 311 g/mol. The molecule has 1 unspecified atom stereocenters. The Labute approximate surface area is 123 Å². The van der Waals surface area contributed by atoms with E-state index in [0.29, 0.717) is 10.5 Å². The summed E-state index contributed by atoms with van der Waals surface area (Å²) < 4.78 is 3.03. The summed E-state index contributed by atoms with van der Waals surface area (Å²) in [6.07, 6.45) is 3.77. The molecule has 3 rings (SSSR count). The zero-order valence-corrected chi connectivity index (χ0v) is 13.9.